The number of rotatable bonds is 5. The van der Waals surface area contributed by atoms with Crippen molar-refractivity contribution < 1.29 is 23.1 Å². The maximum absolute atomic E-state index is 12.8. The van der Waals surface area contributed by atoms with Crippen LogP contribution in [0.2, 0.25) is 0 Å². The summed E-state index contributed by atoms with van der Waals surface area (Å²) in [5.74, 6) is 6.35. The number of hydrogen-bond acceptors (Lipinski definition) is 5. The number of aliphatic carboxylic acids is 1. The SMILES string of the molecule is CCC(C(=O)O)N1Cc2sc(C#Cc3ccc(Oc4ccccc4)cc3)cc2S1(=O)=O. The fourth-order valence-corrected chi connectivity index (χ4v) is 6.55. The smallest absolute Gasteiger partial charge is 0.322 e. The van der Waals surface area contributed by atoms with Crippen LogP contribution in [0.25, 0.3) is 0 Å². The average molecular weight is 454 g/mol. The Hall–Kier alpha value is -3.12. The normalized spacial score (nSPS) is 15.5. The van der Waals surface area contributed by atoms with Crippen molar-refractivity contribution >= 4 is 27.3 Å². The van der Waals surface area contributed by atoms with Crippen LogP contribution in [-0.2, 0) is 21.4 Å². The number of carbonyl (C=O) groups is 1. The molecular formula is C23H19NO5S2. The molecule has 0 bridgehead atoms. The molecule has 1 aliphatic rings. The first-order chi connectivity index (χ1) is 14.9. The zero-order valence-electron chi connectivity index (χ0n) is 16.6. The number of nitrogens with zero attached hydrogens (tertiary/aromatic N) is 1. The van der Waals surface area contributed by atoms with Gasteiger partial charge in [0.2, 0.25) is 10.0 Å². The molecule has 2 aromatic carbocycles. The van der Waals surface area contributed by atoms with Gasteiger partial charge < -0.3 is 9.84 Å². The second-order valence-electron chi connectivity index (χ2n) is 6.90. The van der Waals surface area contributed by atoms with Gasteiger partial charge in [-0.15, -0.1) is 11.3 Å². The Labute approximate surface area is 184 Å². The minimum atomic E-state index is -3.82. The first-order valence-electron chi connectivity index (χ1n) is 9.61. The number of sulfonamides is 1. The molecule has 1 unspecified atom stereocenters. The summed E-state index contributed by atoms with van der Waals surface area (Å²) >= 11 is 1.28. The van der Waals surface area contributed by atoms with Gasteiger partial charge in [-0.05, 0) is 48.9 Å². The van der Waals surface area contributed by atoms with E-state index < -0.39 is 22.0 Å². The van der Waals surface area contributed by atoms with E-state index in [0.717, 1.165) is 15.6 Å². The van der Waals surface area contributed by atoms with Crippen LogP contribution in [-0.4, -0.2) is 29.8 Å². The molecular weight excluding hydrogens is 434 g/mol. The third-order valence-electron chi connectivity index (χ3n) is 4.84. The van der Waals surface area contributed by atoms with E-state index in [1.165, 1.54) is 17.4 Å². The highest BCUT2D eigenvalue weighted by Gasteiger charge is 2.42. The van der Waals surface area contributed by atoms with Crippen LogP contribution in [0.5, 0.6) is 11.5 Å². The van der Waals surface area contributed by atoms with Crippen LogP contribution >= 0.6 is 11.3 Å². The number of benzene rings is 2. The summed E-state index contributed by atoms with van der Waals surface area (Å²) in [5.41, 5.74) is 0.773. The topological polar surface area (TPSA) is 83.9 Å². The van der Waals surface area contributed by atoms with Crippen LogP contribution in [0.4, 0.5) is 0 Å². The van der Waals surface area contributed by atoms with Crippen molar-refractivity contribution in [2.75, 3.05) is 0 Å². The molecule has 31 heavy (non-hydrogen) atoms. The Morgan fingerprint density at radius 1 is 1.13 bits per heavy atom. The van der Waals surface area contributed by atoms with Gasteiger partial charge in [0, 0.05) is 10.4 Å². The number of carboxylic acids is 1. The molecule has 1 N–H and O–H groups in total. The fraction of sp³-hybridized carbons (Fsp3) is 0.174. The predicted octanol–water partition coefficient (Wildman–Crippen LogP) is 4.31. The van der Waals surface area contributed by atoms with Gasteiger partial charge in [0.1, 0.15) is 17.5 Å². The molecule has 0 saturated heterocycles. The van der Waals surface area contributed by atoms with Crippen LogP contribution in [0.1, 0.15) is 28.7 Å². The molecule has 0 radical (unpaired) electrons. The van der Waals surface area contributed by atoms with E-state index in [0.29, 0.717) is 15.5 Å². The van der Waals surface area contributed by atoms with Gasteiger partial charge in [-0.3, -0.25) is 4.79 Å². The summed E-state index contributed by atoms with van der Waals surface area (Å²) in [6.45, 7) is 1.73. The van der Waals surface area contributed by atoms with E-state index >= 15 is 0 Å². The molecule has 0 saturated carbocycles. The second kappa shape index (κ2) is 8.55. The third kappa shape index (κ3) is 4.35. The molecule has 158 valence electrons. The summed E-state index contributed by atoms with van der Waals surface area (Å²) in [6, 6.07) is 17.3. The molecule has 1 aliphatic heterocycles. The van der Waals surface area contributed by atoms with Crippen molar-refractivity contribution in [1.82, 2.24) is 4.31 Å². The van der Waals surface area contributed by atoms with Crippen LogP contribution < -0.4 is 4.74 Å². The van der Waals surface area contributed by atoms with Gasteiger partial charge in [-0.1, -0.05) is 37.0 Å². The zero-order chi connectivity index (χ0) is 22.0. The maximum Gasteiger partial charge on any atom is 0.322 e. The lowest BCUT2D eigenvalue weighted by Crippen LogP contribution is -2.40. The molecule has 3 aromatic rings. The monoisotopic (exact) mass is 453 g/mol. The molecule has 0 fully saturated rings. The minimum absolute atomic E-state index is 0.0698. The van der Waals surface area contributed by atoms with Gasteiger partial charge in [0.05, 0.1) is 16.3 Å². The fourth-order valence-electron chi connectivity index (χ4n) is 3.30. The molecule has 2 heterocycles. The van der Waals surface area contributed by atoms with Crippen molar-refractivity contribution in [3.63, 3.8) is 0 Å². The van der Waals surface area contributed by atoms with Crippen molar-refractivity contribution in [3.05, 3.63) is 76.0 Å². The van der Waals surface area contributed by atoms with E-state index in [4.69, 9.17) is 4.74 Å². The molecule has 6 nitrogen and oxygen atoms in total. The highest BCUT2D eigenvalue weighted by Crippen LogP contribution is 2.38. The summed E-state index contributed by atoms with van der Waals surface area (Å²) in [5, 5.41) is 9.32. The molecule has 0 spiro atoms. The summed E-state index contributed by atoms with van der Waals surface area (Å²) in [7, 11) is -3.82. The Balaban J connectivity index is 1.49. The van der Waals surface area contributed by atoms with Crippen LogP contribution in [0.3, 0.4) is 0 Å². The average Bonchev–Trinajstić information content (AvgIpc) is 3.26. The van der Waals surface area contributed by atoms with Crippen molar-refractivity contribution in [2.45, 2.75) is 30.8 Å². The second-order valence-corrected chi connectivity index (χ2v) is 9.90. The summed E-state index contributed by atoms with van der Waals surface area (Å²) < 4.78 is 32.4. The summed E-state index contributed by atoms with van der Waals surface area (Å²) in [6.07, 6.45) is 0.208. The number of thiophene rings is 1. The lowest BCUT2D eigenvalue weighted by Gasteiger charge is -2.21. The van der Waals surface area contributed by atoms with Gasteiger partial charge >= 0.3 is 5.97 Å². The van der Waals surface area contributed by atoms with Gasteiger partial charge in [0.15, 0.2) is 0 Å². The van der Waals surface area contributed by atoms with Gasteiger partial charge in [-0.2, -0.15) is 4.31 Å². The van der Waals surface area contributed by atoms with E-state index in [1.54, 1.807) is 6.92 Å². The molecule has 8 heteroatoms. The third-order valence-corrected chi connectivity index (χ3v) is 7.92. The number of carboxylic acid groups (broad SMARTS) is 1. The minimum Gasteiger partial charge on any atom is -0.480 e. The van der Waals surface area contributed by atoms with E-state index in [9.17, 15) is 18.3 Å². The summed E-state index contributed by atoms with van der Waals surface area (Å²) in [4.78, 5) is 12.8. The van der Waals surface area contributed by atoms with Crippen molar-refractivity contribution in [3.8, 4) is 23.3 Å². The lowest BCUT2D eigenvalue weighted by atomic mass is 10.2. The standard InChI is InChI=1S/C23H19NO5S2/c1-2-20(23(25)26)24-15-21-22(31(24,27)28)14-19(30-21)13-10-16-8-11-18(12-9-16)29-17-6-4-3-5-7-17/h3-9,11-12,14,20H,2,15H2,1H3,(H,25,26). The molecule has 0 aliphatic carbocycles. The first-order valence-corrected chi connectivity index (χ1v) is 11.9. The highest BCUT2D eigenvalue weighted by atomic mass is 32.2. The first kappa shape index (κ1) is 21.1. The lowest BCUT2D eigenvalue weighted by molar-refractivity contribution is -0.141. The predicted molar refractivity (Wildman–Crippen MR) is 118 cm³/mol. The molecule has 0 amide bonds. The molecule has 4 rings (SSSR count). The number of para-hydroxylation sites is 1. The van der Waals surface area contributed by atoms with E-state index in [-0.39, 0.29) is 17.9 Å². The maximum atomic E-state index is 12.8. The van der Waals surface area contributed by atoms with Crippen molar-refractivity contribution in [1.29, 1.82) is 0 Å². The zero-order valence-corrected chi connectivity index (χ0v) is 18.2. The van der Waals surface area contributed by atoms with Crippen LogP contribution in [0, 0.1) is 11.8 Å². The largest absolute Gasteiger partial charge is 0.480 e. The Morgan fingerprint density at radius 3 is 2.42 bits per heavy atom. The van der Waals surface area contributed by atoms with Gasteiger partial charge in [-0.25, -0.2) is 8.42 Å². The molecule has 1 aromatic heterocycles. The van der Waals surface area contributed by atoms with E-state index in [2.05, 4.69) is 11.8 Å². The Bertz CT molecular complexity index is 1270. The van der Waals surface area contributed by atoms with Crippen LogP contribution in [0.15, 0.2) is 65.6 Å². The highest BCUT2D eigenvalue weighted by molar-refractivity contribution is 7.89. The Morgan fingerprint density at radius 2 is 1.81 bits per heavy atom. The van der Waals surface area contributed by atoms with Crippen molar-refractivity contribution in [2.24, 2.45) is 0 Å². The number of hydrogen-bond donors (Lipinski definition) is 1. The number of ether oxygens (including phenoxy) is 1. The number of fused-ring (bicyclic) bond motifs is 1. The molecule has 1 atom stereocenters. The Kier molecular flexibility index (Phi) is 5.83. The quantitative estimate of drug-likeness (QED) is 0.582. The van der Waals surface area contributed by atoms with Gasteiger partial charge in [0.25, 0.3) is 0 Å². The van der Waals surface area contributed by atoms with E-state index in [1.807, 2.05) is 54.6 Å².